The Balaban J connectivity index is 2.01. The van der Waals surface area contributed by atoms with E-state index in [4.69, 9.17) is 4.52 Å². The fourth-order valence-corrected chi connectivity index (χ4v) is 2.90. The zero-order chi connectivity index (χ0) is 17.1. The zero-order valence-electron chi connectivity index (χ0n) is 14.8. The molecule has 126 valence electrons. The van der Waals surface area contributed by atoms with Crippen LogP contribution >= 0.6 is 0 Å². The smallest absolute Gasteiger partial charge is 0.228 e. The molecule has 0 radical (unpaired) electrons. The summed E-state index contributed by atoms with van der Waals surface area (Å²) in [6.45, 7) is 9.14. The van der Waals surface area contributed by atoms with E-state index in [0.29, 0.717) is 5.58 Å². The summed E-state index contributed by atoms with van der Waals surface area (Å²) < 4.78 is 5.59. The van der Waals surface area contributed by atoms with Gasteiger partial charge in [0.15, 0.2) is 5.82 Å². The van der Waals surface area contributed by atoms with E-state index in [-0.39, 0.29) is 0 Å². The Labute approximate surface area is 142 Å². The van der Waals surface area contributed by atoms with Crippen LogP contribution in [-0.2, 0) is 0 Å². The predicted octanol–water partition coefficient (Wildman–Crippen LogP) is 4.81. The minimum absolute atomic E-state index is 0.632. The number of anilines is 1. The van der Waals surface area contributed by atoms with Crippen molar-refractivity contribution in [3.05, 3.63) is 35.2 Å². The lowest BCUT2D eigenvalue weighted by atomic mass is 10.0. The fraction of sp³-hybridized carbons (Fsp3) is 0.421. The lowest BCUT2D eigenvalue weighted by molar-refractivity contribution is 0.459. The maximum atomic E-state index is 5.59. The topological polar surface area (TPSA) is 63.8 Å². The van der Waals surface area contributed by atoms with Gasteiger partial charge >= 0.3 is 0 Å². The zero-order valence-corrected chi connectivity index (χ0v) is 14.8. The molecule has 3 aromatic rings. The van der Waals surface area contributed by atoms with Crippen LogP contribution in [0.2, 0.25) is 0 Å². The Bertz CT molecular complexity index is 854. The minimum atomic E-state index is 0.632. The third-order valence-electron chi connectivity index (χ3n) is 4.14. The third kappa shape index (κ3) is 3.25. The first-order valence-corrected chi connectivity index (χ1v) is 8.55. The molecule has 0 amide bonds. The van der Waals surface area contributed by atoms with E-state index in [2.05, 4.69) is 59.4 Å². The van der Waals surface area contributed by atoms with Crippen molar-refractivity contribution < 1.29 is 4.52 Å². The summed E-state index contributed by atoms with van der Waals surface area (Å²) >= 11 is 0. The molecule has 0 bridgehead atoms. The summed E-state index contributed by atoms with van der Waals surface area (Å²) in [7, 11) is 0. The first kappa shape index (κ1) is 16.4. The number of nitrogens with zero attached hydrogens (tertiary/aromatic N) is 3. The average Bonchev–Trinajstić information content (AvgIpc) is 2.95. The van der Waals surface area contributed by atoms with Crippen LogP contribution < -0.4 is 5.32 Å². The number of aryl methyl sites for hydroxylation is 3. The molecule has 3 rings (SSSR count). The summed E-state index contributed by atoms with van der Waals surface area (Å²) in [5.41, 5.74) is 5.63. The third-order valence-corrected chi connectivity index (χ3v) is 4.14. The second-order valence-corrected chi connectivity index (χ2v) is 6.28. The van der Waals surface area contributed by atoms with Crippen LogP contribution in [0.4, 0.5) is 5.82 Å². The van der Waals surface area contributed by atoms with Gasteiger partial charge in [-0.15, -0.1) is 0 Å². The van der Waals surface area contributed by atoms with Crippen molar-refractivity contribution in [2.75, 3.05) is 11.9 Å². The molecule has 0 atom stereocenters. The second kappa shape index (κ2) is 6.99. The summed E-state index contributed by atoms with van der Waals surface area (Å²) in [5, 5.41) is 7.65. The molecule has 0 saturated carbocycles. The first-order chi connectivity index (χ1) is 11.6. The number of aromatic nitrogens is 3. The van der Waals surface area contributed by atoms with E-state index in [0.717, 1.165) is 41.4 Å². The van der Waals surface area contributed by atoms with Gasteiger partial charge in [-0.25, -0.2) is 9.97 Å². The molecule has 0 aliphatic carbocycles. The van der Waals surface area contributed by atoms with Gasteiger partial charge in [0.05, 0.1) is 0 Å². The van der Waals surface area contributed by atoms with Crippen LogP contribution in [-0.4, -0.2) is 21.7 Å². The van der Waals surface area contributed by atoms with Gasteiger partial charge in [-0.3, -0.25) is 0 Å². The number of hydrogen-bond acceptors (Lipinski definition) is 5. The van der Waals surface area contributed by atoms with Gasteiger partial charge in [0.2, 0.25) is 5.58 Å². The molecular formula is C19H24N4O. The van der Waals surface area contributed by atoms with Crippen molar-refractivity contribution >= 4 is 16.9 Å². The average molecular weight is 324 g/mol. The lowest BCUT2D eigenvalue weighted by Crippen LogP contribution is -2.05. The molecule has 0 unspecified atom stereocenters. The Morgan fingerprint density at radius 1 is 1.08 bits per heavy atom. The highest BCUT2D eigenvalue weighted by Crippen LogP contribution is 2.32. The number of hydrogen-bond donors (Lipinski definition) is 1. The van der Waals surface area contributed by atoms with Crippen molar-refractivity contribution in [2.24, 2.45) is 0 Å². The maximum Gasteiger partial charge on any atom is 0.228 e. The van der Waals surface area contributed by atoms with Gasteiger partial charge in [0, 0.05) is 12.1 Å². The maximum absolute atomic E-state index is 5.59. The summed E-state index contributed by atoms with van der Waals surface area (Å²) in [4.78, 5) is 9.06. The van der Waals surface area contributed by atoms with Gasteiger partial charge in [0.25, 0.3) is 0 Å². The Kier molecular flexibility index (Phi) is 4.79. The summed E-state index contributed by atoms with van der Waals surface area (Å²) in [6, 6.07) is 6.31. The van der Waals surface area contributed by atoms with Crippen LogP contribution in [0.25, 0.3) is 22.4 Å². The second-order valence-electron chi connectivity index (χ2n) is 6.28. The van der Waals surface area contributed by atoms with Crippen LogP contribution in [0.3, 0.4) is 0 Å². The Morgan fingerprint density at radius 2 is 1.92 bits per heavy atom. The molecular weight excluding hydrogens is 300 g/mol. The SMILES string of the molecule is CCCCCNc1nc(C)nc2c(-c3ccc(C)cc3C)noc12. The van der Waals surface area contributed by atoms with Gasteiger partial charge in [-0.2, -0.15) is 0 Å². The predicted molar refractivity (Wildman–Crippen MR) is 97.3 cm³/mol. The molecule has 0 spiro atoms. The molecule has 0 aliphatic rings. The van der Waals surface area contributed by atoms with Crippen molar-refractivity contribution in [3.8, 4) is 11.3 Å². The quantitative estimate of drug-likeness (QED) is 0.659. The van der Waals surface area contributed by atoms with Gasteiger partial charge in [0.1, 0.15) is 17.0 Å². The lowest BCUT2D eigenvalue weighted by Gasteiger charge is -2.06. The fourth-order valence-electron chi connectivity index (χ4n) is 2.90. The summed E-state index contributed by atoms with van der Waals surface area (Å²) in [6.07, 6.45) is 3.50. The molecule has 2 heterocycles. The van der Waals surface area contributed by atoms with E-state index >= 15 is 0 Å². The van der Waals surface area contributed by atoms with E-state index in [1.165, 1.54) is 24.0 Å². The molecule has 5 nitrogen and oxygen atoms in total. The number of benzene rings is 1. The minimum Gasteiger partial charge on any atom is -0.367 e. The number of nitrogens with one attached hydrogen (secondary N) is 1. The van der Waals surface area contributed by atoms with Crippen molar-refractivity contribution in [3.63, 3.8) is 0 Å². The number of rotatable bonds is 6. The molecule has 0 aliphatic heterocycles. The molecule has 1 aromatic carbocycles. The van der Waals surface area contributed by atoms with Crippen molar-refractivity contribution in [1.82, 2.24) is 15.1 Å². The van der Waals surface area contributed by atoms with Crippen molar-refractivity contribution in [1.29, 1.82) is 0 Å². The highest BCUT2D eigenvalue weighted by Gasteiger charge is 2.18. The van der Waals surface area contributed by atoms with Crippen molar-refractivity contribution in [2.45, 2.75) is 47.0 Å². The van der Waals surface area contributed by atoms with Gasteiger partial charge < -0.3 is 9.84 Å². The Hall–Kier alpha value is -2.43. The van der Waals surface area contributed by atoms with Crippen LogP contribution in [0.15, 0.2) is 22.7 Å². The van der Waals surface area contributed by atoms with Crippen LogP contribution in [0, 0.1) is 20.8 Å². The van der Waals surface area contributed by atoms with E-state index in [1.54, 1.807) is 0 Å². The Morgan fingerprint density at radius 3 is 2.67 bits per heavy atom. The van der Waals surface area contributed by atoms with E-state index < -0.39 is 0 Å². The standard InChI is InChI=1S/C19H24N4O/c1-5-6-7-10-20-19-18-17(21-14(4)22-19)16(23-24-18)15-9-8-12(2)11-13(15)3/h8-9,11H,5-7,10H2,1-4H3,(H,20,21,22). The molecule has 2 aromatic heterocycles. The summed E-state index contributed by atoms with van der Waals surface area (Å²) in [5.74, 6) is 1.45. The molecule has 0 saturated heterocycles. The largest absolute Gasteiger partial charge is 0.367 e. The molecule has 1 N–H and O–H groups in total. The van der Waals surface area contributed by atoms with Gasteiger partial charge in [-0.1, -0.05) is 48.7 Å². The normalized spacial score (nSPS) is 11.2. The first-order valence-electron chi connectivity index (χ1n) is 8.55. The molecule has 5 heteroatoms. The van der Waals surface area contributed by atoms with Crippen LogP contribution in [0.5, 0.6) is 0 Å². The van der Waals surface area contributed by atoms with Crippen LogP contribution in [0.1, 0.15) is 43.1 Å². The highest BCUT2D eigenvalue weighted by molar-refractivity contribution is 5.94. The van der Waals surface area contributed by atoms with E-state index in [9.17, 15) is 0 Å². The molecule has 24 heavy (non-hydrogen) atoms. The number of fused-ring (bicyclic) bond motifs is 1. The monoisotopic (exact) mass is 324 g/mol. The number of unbranched alkanes of at least 4 members (excludes halogenated alkanes) is 2. The van der Waals surface area contributed by atoms with Gasteiger partial charge in [-0.05, 0) is 32.8 Å². The van der Waals surface area contributed by atoms with E-state index in [1.807, 2.05) is 6.92 Å². The molecule has 0 fully saturated rings. The highest BCUT2D eigenvalue weighted by atomic mass is 16.5.